The predicted molar refractivity (Wildman–Crippen MR) is 53.3 cm³/mol. The minimum Gasteiger partial charge on any atom is -0.353 e. The molecule has 0 fully saturated rings. The van der Waals surface area contributed by atoms with Crippen molar-refractivity contribution >= 4 is 0 Å². The largest absolute Gasteiger partial charge is 0.353 e. The van der Waals surface area contributed by atoms with Crippen LogP contribution in [0, 0.1) is 11.3 Å². The molecule has 0 amide bonds. The van der Waals surface area contributed by atoms with Gasteiger partial charge in [0.25, 0.3) is 0 Å². The van der Waals surface area contributed by atoms with Gasteiger partial charge in [0.15, 0.2) is 0 Å². The lowest BCUT2D eigenvalue weighted by Gasteiger charge is -2.00. The second-order valence-corrected chi connectivity index (χ2v) is 3.31. The molecule has 0 spiro atoms. The summed E-state index contributed by atoms with van der Waals surface area (Å²) in [6.45, 7) is 3.26. The molecule has 0 saturated carbocycles. The zero-order valence-corrected chi connectivity index (χ0v) is 8.16. The first-order valence-electron chi connectivity index (χ1n) is 4.92. The summed E-state index contributed by atoms with van der Waals surface area (Å²) < 4.78 is 2.09. The Bertz CT molecular complexity index is 281. The Morgan fingerprint density at radius 1 is 1.38 bits per heavy atom. The van der Waals surface area contributed by atoms with Gasteiger partial charge in [-0.15, -0.1) is 0 Å². The maximum absolute atomic E-state index is 8.60. The van der Waals surface area contributed by atoms with Crippen LogP contribution in [-0.4, -0.2) is 4.57 Å². The van der Waals surface area contributed by atoms with Gasteiger partial charge >= 0.3 is 0 Å². The molecule has 0 atom stereocenters. The third-order valence-corrected chi connectivity index (χ3v) is 2.15. The molecule has 0 aliphatic heterocycles. The highest BCUT2D eigenvalue weighted by Crippen LogP contribution is 2.04. The minimum absolute atomic E-state index is 0.760. The number of hydrogen-bond acceptors (Lipinski definition) is 1. The van der Waals surface area contributed by atoms with E-state index in [9.17, 15) is 0 Å². The lowest BCUT2D eigenvalue weighted by atomic mass is 10.2. The number of aromatic nitrogens is 1. The lowest BCUT2D eigenvalue weighted by molar-refractivity contribution is 0.584. The molecule has 1 rings (SSSR count). The van der Waals surface area contributed by atoms with Crippen molar-refractivity contribution in [3.63, 3.8) is 0 Å². The first-order valence-corrected chi connectivity index (χ1v) is 4.92. The highest BCUT2D eigenvalue weighted by Gasteiger charge is 1.94. The van der Waals surface area contributed by atoms with Crippen LogP contribution in [-0.2, 0) is 6.54 Å². The number of nitriles is 1. The van der Waals surface area contributed by atoms with E-state index in [2.05, 4.69) is 17.6 Å². The zero-order valence-electron chi connectivity index (χ0n) is 8.16. The van der Waals surface area contributed by atoms with Gasteiger partial charge in [0.1, 0.15) is 6.07 Å². The summed E-state index contributed by atoms with van der Waals surface area (Å²) >= 11 is 0. The van der Waals surface area contributed by atoms with Gasteiger partial charge in [-0.2, -0.15) is 5.26 Å². The van der Waals surface area contributed by atoms with Crippen molar-refractivity contribution in [3.8, 4) is 6.07 Å². The van der Waals surface area contributed by atoms with Gasteiger partial charge < -0.3 is 4.57 Å². The van der Waals surface area contributed by atoms with Crippen LogP contribution in [0.25, 0.3) is 0 Å². The summed E-state index contributed by atoms with van der Waals surface area (Å²) in [5.41, 5.74) is 0.760. The van der Waals surface area contributed by atoms with E-state index in [4.69, 9.17) is 5.26 Å². The standard InChI is InChI=1S/C11H16N2/c1-2-3-4-5-7-13-8-6-11(9-12)10-13/h6,8,10H,2-5,7H2,1H3. The molecule has 2 heteroatoms. The molecule has 0 bridgehead atoms. The molecule has 1 aromatic heterocycles. The summed E-state index contributed by atoms with van der Waals surface area (Å²) in [5.74, 6) is 0. The molecular formula is C11H16N2. The molecule has 0 unspecified atom stereocenters. The molecule has 0 aliphatic carbocycles. The van der Waals surface area contributed by atoms with Crippen LogP contribution in [0.2, 0.25) is 0 Å². The summed E-state index contributed by atoms with van der Waals surface area (Å²) in [5, 5.41) is 8.60. The summed E-state index contributed by atoms with van der Waals surface area (Å²) in [6.07, 6.45) is 8.97. The lowest BCUT2D eigenvalue weighted by Crippen LogP contribution is -1.93. The van der Waals surface area contributed by atoms with Crippen molar-refractivity contribution < 1.29 is 0 Å². The van der Waals surface area contributed by atoms with E-state index >= 15 is 0 Å². The van der Waals surface area contributed by atoms with E-state index in [0.29, 0.717) is 0 Å². The Morgan fingerprint density at radius 3 is 2.85 bits per heavy atom. The Balaban J connectivity index is 2.25. The second-order valence-electron chi connectivity index (χ2n) is 3.31. The smallest absolute Gasteiger partial charge is 0.101 e. The Kier molecular flexibility index (Phi) is 4.11. The molecule has 1 heterocycles. The second kappa shape index (κ2) is 5.42. The molecule has 13 heavy (non-hydrogen) atoms. The third kappa shape index (κ3) is 3.33. The topological polar surface area (TPSA) is 28.7 Å². The number of nitrogens with zero attached hydrogens (tertiary/aromatic N) is 2. The predicted octanol–water partition coefficient (Wildman–Crippen LogP) is 2.94. The molecule has 2 nitrogen and oxygen atoms in total. The summed E-state index contributed by atoms with van der Waals surface area (Å²) in [4.78, 5) is 0. The average Bonchev–Trinajstić information content (AvgIpc) is 2.60. The molecule has 70 valence electrons. The van der Waals surface area contributed by atoms with Gasteiger partial charge in [0, 0.05) is 18.9 Å². The number of hydrogen-bond donors (Lipinski definition) is 0. The van der Waals surface area contributed by atoms with Crippen LogP contribution in [0.4, 0.5) is 0 Å². The molecule has 1 aromatic rings. The first kappa shape index (κ1) is 9.85. The Hall–Kier alpha value is -1.23. The molecule has 0 aromatic carbocycles. The summed E-state index contributed by atoms with van der Waals surface area (Å²) in [6, 6.07) is 3.99. The fraction of sp³-hybridized carbons (Fsp3) is 0.545. The molecule has 0 saturated heterocycles. The van der Waals surface area contributed by atoms with Crippen LogP contribution in [0.3, 0.4) is 0 Å². The minimum atomic E-state index is 0.760. The number of aryl methyl sites for hydroxylation is 1. The zero-order chi connectivity index (χ0) is 9.52. The van der Waals surface area contributed by atoms with Crippen molar-refractivity contribution in [1.29, 1.82) is 5.26 Å². The SMILES string of the molecule is CCCCCCn1ccc(C#N)c1. The van der Waals surface area contributed by atoms with Crippen molar-refractivity contribution in [2.45, 2.75) is 39.2 Å². The van der Waals surface area contributed by atoms with Crippen LogP contribution < -0.4 is 0 Å². The van der Waals surface area contributed by atoms with Gasteiger partial charge in [-0.1, -0.05) is 26.2 Å². The van der Waals surface area contributed by atoms with E-state index in [-0.39, 0.29) is 0 Å². The highest BCUT2D eigenvalue weighted by molar-refractivity contribution is 5.25. The van der Waals surface area contributed by atoms with Gasteiger partial charge in [-0.3, -0.25) is 0 Å². The van der Waals surface area contributed by atoms with Gasteiger partial charge in [-0.05, 0) is 12.5 Å². The average molecular weight is 176 g/mol. The van der Waals surface area contributed by atoms with Crippen LogP contribution >= 0.6 is 0 Å². The van der Waals surface area contributed by atoms with Crippen molar-refractivity contribution in [3.05, 3.63) is 24.0 Å². The van der Waals surface area contributed by atoms with E-state index in [1.54, 1.807) is 0 Å². The van der Waals surface area contributed by atoms with E-state index in [1.165, 1.54) is 25.7 Å². The monoisotopic (exact) mass is 176 g/mol. The van der Waals surface area contributed by atoms with Crippen LogP contribution in [0.15, 0.2) is 18.5 Å². The van der Waals surface area contributed by atoms with E-state index in [0.717, 1.165) is 12.1 Å². The number of unbranched alkanes of at least 4 members (excludes halogenated alkanes) is 3. The van der Waals surface area contributed by atoms with Crippen LogP contribution in [0.1, 0.15) is 38.2 Å². The van der Waals surface area contributed by atoms with Crippen molar-refractivity contribution in [2.75, 3.05) is 0 Å². The fourth-order valence-corrected chi connectivity index (χ4v) is 1.37. The van der Waals surface area contributed by atoms with Gasteiger partial charge in [0.2, 0.25) is 0 Å². The molecule has 0 radical (unpaired) electrons. The van der Waals surface area contributed by atoms with Gasteiger partial charge in [0.05, 0.1) is 5.56 Å². The summed E-state index contributed by atoms with van der Waals surface area (Å²) in [7, 11) is 0. The van der Waals surface area contributed by atoms with E-state index < -0.39 is 0 Å². The normalized spacial score (nSPS) is 9.85. The highest BCUT2D eigenvalue weighted by atomic mass is 14.9. The molecular weight excluding hydrogens is 160 g/mol. The number of rotatable bonds is 5. The van der Waals surface area contributed by atoms with Crippen molar-refractivity contribution in [2.24, 2.45) is 0 Å². The van der Waals surface area contributed by atoms with Crippen LogP contribution in [0.5, 0.6) is 0 Å². The molecule has 0 aliphatic rings. The third-order valence-electron chi connectivity index (χ3n) is 2.15. The van der Waals surface area contributed by atoms with E-state index in [1.807, 2.05) is 18.5 Å². The maximum atomic E-state index is 8.60. The fourth-order valence-electron chi connectivity index (χ4n) is 1.37. The van der Waals surface area contributed by atoms with Crippen molar-refractivity contribution in [1.82, 2.24) is 4.57 Å². The quantitative estimate of drug-likeness (QED) is 0.634. The maximum Gasteiger partial charge on any atom is 0.101 e. The Morgan fingerprint density at radius 2 is 2.23 bits per heavy atom. The van der Waals surface area contributed by atoms with Gasteiger partial charge in [-0.25, -0.2) is 0 Å². The first-order chi connectivity index (χ1) is 6.36. The Labute approximate surface area is 79.8 Å². The molecule has 0 N–H and O–H groups in total.